The van der Waals surface area contributed by atoms with Gasteiger partial charge in [-0.25, -0.2) is 0 Å². The van der Waals surface area contributed by atoms with E-state index in [0.717, 1.165) is 81.4 Å². The van der Waals surface area contributed by atoms with Crippen LogP contribution in [0.25, 0.3) is 12.2 Å². The van der Waals surface area contributed by atoms with Crippen molar-refractivity contribution >= 4 is 46.9 Å². The van der Waals surface area contributed by atoms with Gasteiger partial charge in [0, 0.05) is 101 Å². The van der Waals surface area contributed by atoms with Crippen molar-refractivity contribution in [3.05, 3.63) is 144 Å². The van der Waals surface area contributed by atoms with Gasteiger partial charge in [0.05, 0.1) is 0 Å². The van der Waals surface area contributed by atoms with Crippen molar-refractivity contribution in [2.24, 2.45) is 0 Å². The summed E-state index contributed by atoms with van der Waals surface area (Å²) in [5, 5.41) is 9.22. The first kappa shape index (κ1) is 45.1. The molecule has 2 heterocycles. The van der Waals surface area contributed by atoms with Gasteiger partial charge in [0.1, 0.15) is 0 Å². The summed E-state index contributed by atoms with van der Waals surface area (Å²) in [6, 6.07) is 37.6. The Labute approximate surface area is 347 Å². The quantitative estimate of drug-likeness (QED) is 0.118. The molecule has 0 radical (unpaired) electrons. The molecule has 0 aliphatic carbocycles. The van der Waals surface area contributed by atoms with Crippen LogP contribution in [0.15, 0.2) is 121 Å². The fraction of sp³-hybridized carbons (Fsp3) is 0.375. The topological polar surface area (TPSA) is 79.9 Å². The maximum atomic E-state index is 12.3. The summed E-state index contributed by atoms with van der Waals surface area (Å²) < 4.78 is 0. The number of alkyl halides is 1. The van der Waals surface area contributed by atoms with Crippen molar-refractivity contribution in [2.45, 2.75) is 52.6 Å². The molecule has 2 unspecified atom stereocenters. The van der Waals surface area contributed by atoms with Gasteiger partial charge in [-0.2, -0.15) is 0 Å². The zero-order valence-corrected chi connectivity index (χ0v) is 35.1. The minimum Gasteiger partial charge on any atom is -0.326 e. The summed E-state index contributed by atoms with van der Waals surface area (Å²) in [6.45, 7) is 17.9. The number of carbonyl (C=O) groups is 2. The second kappa shape index (κ2) is 25.6. The van der Waals surface area contributed by atoms with Crippen LogP contribution in [0.2, 0.25) is 0 Å². The van der Waals surface area contributed by atoms with Crippen LogP contribution >= 0.6 is 11.6 Å². The summed E-state index contributed by atoms with van der Waals surface area (Å²) in [6.07, 6.45) is 9.78. The van der Waals surface area contributed by atoms with Crippen LogP contribution in [0.3, 0.4) is 0 Å². The van der Waals surface area contributed by atoms with Gasteiger partial charge in [0.25, 0.3) is 0 Å². The molecule has 4 aromatic carbocycles. The van der Waals surface area contributed by atoms with E-state index >= 15 is 0 Å². The standard InChI is InChI=1S/C24H31N3O.C14H20N2.C10H12ClNO/c1-20-8-6-12-23(18-20)25-24(28)13-15-27-17-16-26(19-21(27)2)14-7-11-22-9-4-3-5-10-22;1-13-12-16(11-9-15-13)10-5-8-14-6-3-2-4-7-14;1-8-3-2-4-9(7-8)12-10(13)5-6-11/h3-12,18,21H,13-17,19H2,1-2H3,(H,25,28);2-8,13,15H,9-12H2,1H3;2-4,7H,5-6H2,1H3,(H,12,13)/b11-7+;8-5+;. The highest BCUT2D eigenvalue weighted by molar-refractivity contribution is 6.19. The maximum absolute atomic E-state index is 12.3. The van der Waals surface area contributed by atoms with E-state index in [1.54, 1.807) is 0 Å². The minimum atomic E-state index is -0.0411. The molecule has 0 spiro atoms. The Morgan fingerprint density at radius 2 is 1.21 bits per heavy atom. The van der Waals surface area contributed by atoms with Gasteiger partial charge < -0.3 is 16.0 Å². The number of benzene rings is 4. The fourth-order valence-electron chi connectivity index (χ4n) is 6.77. The average molecular weight is 792 g/mol. The second-order valence-electron chi connectivity index (χ2n) is 14.9. The van der Waals surface area contributed by atoms with Crippen LogP contribution in [0.1, 0.15) is 48.9 Å². The second-order valence-corrected chi connectivity index (χ2v) is 15.3. The molecule has 2 saturated heterocycles. The molecule has 3 N–H and O–H groups in total. The maximum Gasteiger partial charge on any atom is 0.225 e. The van der Waals surface area contributed by atoms with Gasteiger partial charge in [-0.05, 0) is 74.2 Å². The van der Waals surface area contributed by atoms with Gasteiger partial charge in [-0.15, -0.1) is 11.6 Å². The van der Waals surface area contributed by atoms with Crippen molar-refractivity contribution in [2.75, 3.05) is 75.4 Å². The number of carbonyl (C=O) groups excluding carboxylic acids is 2. The van der Waals surface area contributed by atoms with E-state index in [1.807, 2.05) is 68.4 Å². The van der Waals surface area contributed by atoms with E-state index in [1.165, 1.54) is 11.1 Å². The number of hydrogen-bond donors (Lipinski definition) is 3. The molecule has 2 aliphatic heterocycles. The molecule has 8 nitrogen and oxygen atoms in total. The van der Waals surface area contributed by atoms with Crippen LogP contribution in [0.5, 0.6) is 0 Å². The third-order valence-electron chi connectivity index (χ3n) is 9.80. The molecule has 304 valence electrons. The van der Waals surface area contributed by atoms with Gasteiger partial charge in [0.2, 0.25) is 11.8 Å². The molecule has 9 heteroatoms. The molecular formula is C48H63ClN6O2. The molecule has 57 heavy (non-hydrogen) atoms. The third kappa shape index (κ3) is 18.5. The summed E-state index contributed by atoms with van der Waals surface area (Å²) in [7, 11) is 0. The fourth-order valence-corrected chi connectivity index (χ4v) is 6.95. The minimum absolute atomic E-state index is 0.0411. The molecule has 6 rings (SSSR count). The number of rotatable bonds is 13. The molecule has 4 aromatic rings. The Morgan fingerprint density at radius 1 is 0.684 bits per heavy atom. The van der Waals surface area contributed by atoms with E-state index in [-0.39, 0.29) is 11.8 Å². The van der Waals surface area contributed by atoms with E-state index in [0.29, 0.717) is 30.8 Å². The molecule has 0 aromatic heterocycles. The Kier molecular flexibility index (Phi) is 20.3. The Hall–Kier alpha value is -4.57. The average Bonchev–Trinajstić information content (AvgIpc) is 3.19. The lowest BCUT2D eigenvalue weighted by molar-refractivity contribution is -0.117. The van der Waals surface area contributed by atoms with Gasteiger partial charge in [-0.1, -0.05) is 109 Å². The Morgan fingerprint density at radius 3 is 1.70 bits per heavy atom. The number of anilines is 2. The lowest BCUT2D eigenvalue weighted by atomic mass is 10.1. The van der Waals surface area contributed by atoms with E-state index in [2.05, 4.69) is 123 Å². The lowest BCUT2D eigenvalue weighted by Crippen LogP contribution is -2.52. The van der Waals surface area contributed by atoms with E-state index in [4.69, 9.17) is 11.6 Å². The van der Waals surface area contributed by atoms with Crippen LogP contribution < -0.4 is 16.0 Å². The number of aryl methyl sites for hydroxylation is 2. The first-order chi connectivity index (χ1) is 27.7. The normalized spacial score (nSPS) is 17.6. The van der Waals surface area contributed by atoms with Crippen LogP contribution in [0, 0.1) is 13.8 Å². The number of halogens is 1. The monoisotopic (exact) mass is 790 g/mol. The van der Waals surface area contributed by atoms with Crippen molar-refractivity contribution in [3.8, 4) is 0 Å². The summed E-state index contributed by atoms with van der Waals surface area (Å²) in [5.74, 6) is 0.407. The molecule has 0 bridgehead atoms. The number of hydrogen-bond acceptors (Lipinski definition) is 6. The van der Waals surface area contributed by atoms with Crippen molar-refractivity contribution in [1.29, 1.82) is 0 Å². The molecule has 2 amide bonds. The molecular weight excluding hydrogens is 728 g/mol. The molecule has 2 aliphatic rings. The largest absolute Gasteiger partial charge is 0.326 e. The van der Waals surface area contributed by atoms with Crippen molar-refractivity contribution in [3.63, 3.8) is 0 Å². The number of nitrogens with zero attached hydrogens (tertiary/aromatic N) is 3. The smallest absolute Gasteiger partial charge is 0.225 e. The Bertz CT molecular complexity index is 1820. The van der Waals surface area contributed by atoms with E-state index < -0.39 is 0 Å². The van der Waals surface area contributed by atoms with Crippen molar-refractivity contribution < 1.29 is 9.59 Å². The van der Waals surface area contributed by atoms with Gasteiger partial charge >= 0.3 is 0 Å². The first-order valence-corrected chi connectivity index (χ1v) is 20.8. The van der Waals surface area contributed by atoms with Crippen LogP contribution in [-0.4, -0.2) is 103 Å². The summed E-state index contributed by atoms with van der Waals surface area (Å²) in [4.78, 5) is 30.8. The predicted octanol–water partition coefficient (Wildman–Crippen LogP) is 8.60. The van der Waals surface area contributed by atoms with Crippen LogP contribution in [0.4, 0.5) is 11.4 Å². The first-order valence-electron chi connectivity index (χ1n) is 20.3. The highest BCUT2D eigenvalue weighted by Crippen LogP contribution is 2.14. The zero-order chi connectivity index (χ0) is 40.7. The highest BCUT2D eigenvalue weighted by atomic mass is 35.5. The highest BCUT2D eigenvalue weighted by Gasteiger charge is 2.23. The van der Waals surface area contributed by atoms with Gasteiger partial charge in [-0.3, -0.25) is 24.3 Å². The molecule has 2 fully saturated rings. The Balaban J connectivity index is 0.000000209. The van der Waals surface area contributed by atoms with Gasteiger partial charge in [0.15, 0.2) is 0 Å². The van der Waals surface area contributed by atoms with Crippen LogP contribution in [-0.2, 0) is 9.59 Å². The number of nitrogens with one attached hydrogen (secondary N) is 3. The lowest BCUT2D eigenvalue weighted by Gasteiger charge is -2.39. The molecule has 0 saturated carbocycles. The summed E-state index contributed by atoms with van der Waals surface area (Å²) in [5.41, 5.74) is 6.52. The SMILES string of the molecule is CC1CN(C/C=C/c2ccccc2)CCN1.Cc1cccc(NC(=O)CCCl)c1.Cc1cccc(NC(=O)CCN2CCN(C/C=C/c3ccccc3)CC2C)c1. The van der Waals surface area contributed by atoms with E-state index in [9.17, 15) is 9.59 Å². The molecule has 2 atom stereocenters. The number of amides is 2. The zero-order valence-electron chi connectivity index (χ0n) is 34.4. The predicted molar refractivity (Wildman–Crippen MR) is 242 cm³/mol. The van der Waals surface area contributed by atoms with Crippen molar-refractivity contribution in [1.82, 2.24) is 20.0 Å². The third-order valence-corrected chi connectivity index (χ3v) is 9.99. The summed E-state index contributed by atoms with van der Waals surface area (Å²) >= 11 is 5.43. The number of piperazine rings is 2.